The van der Waals surface area contributed by atoms with Gasteiger partial charge < -0.3 is 4.79 Å². The van der Waals surface area contributed by atoms with E-state index in [1.54, 1.807) is 0 Å². The molecule has 0 bridgehead atoms. The monoisotopic (exact) mass is 302 g/mol. The van der Waals surface area contributed by atoms with E-state index in [1.807, 2.05) is 6.07 Å². The van der Waals surface area contributed by atoms with E-state index in [2.05, 4.69) is 64.5 Å². The Kier molecular flexibility index (Phi) is 4.71. The van der Waals surface area contributed by atoms with Gasteiger partial charge in [-0.2, -0.15) is 0 Å². The van der Waals surface area contributed by atoms with Gasteiger partial charge >= 0.3 is 0 Å². The van der Waals surface area contributed by atoms with Crippen LogP contribution in [-0.2, 0) is 17.6 Å². The Bertz CT molecular complexity index is 490. The minimum atomic E-state index is -0.0857. The second kappa shape index (κ2) is 6.50. The van der Waals surface area contributed by atoms with Crippen LogP contribution in [0.3, 0.4) is 0 Å². The first kappa shape index (κ1) is 13.0. The molecule has 0 fully saturated rings. The Morgan fingerprint density at radius 2 is 1.44 bits per heavy atom. The van der Waals surface area contributed by atoms with Gasteiger partial charge in [0.05, 0.1) is 4.83 Å². The average Bonchev–Trinajstić information content (AvgIpc) is 2.42. The van der Waals surface area contributed by atoms with Gasteiger partial charge in [0.2, 0.25) is 0 Å². The third kappa shape index (κ3) is 3.81. The van der Waals surface area contributed by atoms with Crippen molar-refractivity contribution in [2.75, 3.05) is 0 Å². The van der Waals surface area contributed by atoms with Crippen LogP contribution in [0.15, 0.2) is 54.6 Å². The highest BCUT2D eigenvalue weighted by Crippen LogP contribution is 2.13. The van der Waals surface area contributed by atoms with E-state index in [0.717, 1.165) is 19.1 Å². The number of halogens is 1. The average molecular weight is 303 g/mol. The lowest BCUT2D eigenvalue weighted by atomic mass is 10.0. The van der Waals surface area contributed by atoms with Crippen molar-refractivity contribution in [1.29, 1.82) is 0 Å². The van der Waals surface area contributed by atoms with E-state index in [9.17, 15) is 4.79 Å². The summed E-state index contributed by atoms with van der Waals surface area (Å²) in [5.41, 5.74) is 3.79. The molecule has 2 aromatic carbocycles. The van der Waals surface area contributed by atoms with Crippen molar-refractivity contribution in [2.45, 2.75) is 17.7 Å². The maximum atomic E-state index is 10.6. The first-order chi connectivity index (χ1) is 8.78. The number of hydrogen-bond acceptors (Lipinski definition) is 1. The Morgan fingerprint density at radius 3 is 2.06 bits per heavy atom. The molecule has 0 aromatic heterocycles. The second-order valence-corrected chi connectivity index (χ2v) is 5.51. The number of aldehydes is 1. The Balaban J connectivity index is 2.02. The number of rotatable bonds is 5. The third-order valence-electron chi connectivity index (χ3n) is 2.85. The minimum Gasteiger partial charge on any atom is -0.302 e. The molecule has 0 saturated heterocycles. The smallest absolute Gasteiger partial charge is 0.133 e. The Hall–Kier alpha value is -1.41. The van der Waals surface area contributed by atoms with E-state index in [-0.39, 0.29) is 4.83 Å². The molecular formula is C16H15BrO. The molecule has 2 rings (SSSR count). The van der Waals surface area contributed by atoms with E-state index in [4.69, 9.17) is 0 Å². The molecule has 2 heteroatoms. The van der Waals surface area contributed by atoms with E-state index >= 15 is 0 Å². The van der Waals surface area contributed by atoms with Crippen molar-refractivity contribution in [2.24, 2.45) is 0 Å². The van der Waals surface area contributed by atoms with Gasteiger partial charge in [-0.05, 0) is 29.5 Å². The Morgan fingerprint density at radius 1 is 0.889 bits per heavy atom. The molecule has 0 saturated carbocycles. The highest BCUT2D eigenvalue weighted by Gasteiger charge is 2.03. The van der Waals surface area contributed by atoms with Crippen molar-refractivity contribution in [3.63, 3.8) is 0 Å². The largest absolute Gasteiger partial charge is 0.302 e. The van der Waals surface area contributed by atoms with Gasteiger partial charge in [0, 0.05) is 0 Å². The molecule has 0 N–H and O–H groups in total. The summed E-state index contributed by atoms with van der Waals surface area (Å²) >= 11 is 3.32. The predicted octanol–water partition coefficient (Wildman–Crippen LogP) is 3.78. The van der Waals surface area contributed by atoms with Crippen LogP contribution in [0.1, 0.15) is 16.7 Å². The summed E-state index contributed by atoms with van der Waals surface area (Å²) in [6.07, 6.45) is 2.62. The number of alkyl halides is 1. The normalized spacial score (nSPS) is 12.1. The van der Waals surface area contributed by atoms with E-state index < -0.39 is 0 Å². The van der Waals surface area contributed by atoms with Gasteiger partial charge in [-0.1, -0.05) is 70.5 Å². The number of benzene rings is 2. The fraction of sp³-hybridized carbons (Fsp3) is 0.188. The number of hydrogen-bond donors (Lipinski definition) is 0. The maximum Gasteiger partial charge on any atom is 0.133 e. The zero-order valence-corrected chi connectivity index (χ0v) is 11.6. The van der Waals surface area contributed by atoms with Crippen LogP contribution in [-0.4, -0.2) is 11.1 Å². The third-order valence-corrected chi connectivity index (χ3v) is 3.39. The summed E-state index contributed by atoms with van der Waals surface area (Å²) in [5.74, 6) is 0. The highest BCUT2D eigenvalue weighted by molar-refractivity contribution is 9.09. The van der Waals surface area contributed by atoms with Crippen LogP contribution in [0.5, 0.6) is 0 Å². The van der Waals surface area contributed by atoms with Crippen LogP contribution in [0.25, 0.3) is 0 Å². The molecule has 0 spiro atoms. The molecule has 2 aromatic rings. The molecule has 0 aliphatic carbocycles. The molecule has 0 radical (unpaired) electrons. The maximum absolute atomic E-state index is 10.6. The van der Waals surface area contributed by atoms with Gasteiger partial charge in [0.15, 0.2) is 0 Å². The van der Waals surface area contributed by atoms with Gasteiger partial charge in [0.1, 0.15) is 6.29 Å². The predicted molar refractivity (Wildman–Crippen MR) is 78.2 cm³/mol. The van der Waals surface area contributed by atoms with Crippen LogP contribution in [0.4, 0.5) is 0 Å². The lowest BCUT2D eigenvalue weighted by molar-refractivity contribution is -0.107. The van der Waals surface area contributed by atoms with Crippen molar-refractivity contribution < 1.29 is 4.79 Å². The first-order valence-corrected chi connectivity index (χ1v) is 6.90. The molecule has 0 aliphatic heterocycles. The Labute approximate surface area is 116 Å². The number of carbonyl (C=O) groups excluding carboxylic acids is 1. The van der Waals surface area contributed by atoms with Gasteiger partial charge in [-0.25, -0.2) is 0 Å². The molecule has 1 nitrogen and oxygen atoms in total. The molecule has 0 aliphatic rings. The summed E-state index contributed by atoms with van der Waals surface area (Å²) in [4.78, 5) is 10.5. The minimum absolute atomic E-state index is 0.0857. The molecule has 92 valence electrons. The zero-order valence-electron chi connectivity index (χ0n) is 10.1. The lowest BCUT2D eigenvalue weighted by Crippen LogP contribution is -2.03. The molecule has 1 unspecified atom stereocenters. The quantitative estimate of drug-likeness (QED) is 0.607. The summed E-state index contributed by atoms with van der Waals surface area (Å²) in [6, 6.07) is 18.9. The van der Waals surface area contributed by atoms with Crippen LogP contribution in [0, 0.1) is 0 Å². The van der Waals surface area contributed by atoms with Gasteiger partial charge in [0.25, 0.3) is 0 Å². The zero-order chi connectivity index (χ0) is 12.8. The first-order valence-electron chi connectivity index (χ1n) is 5.99. The molecular weight excluding hydrogens is 288 g/mol. The second-order valence-electron chi connectivity index (χ2n) is 4.34. The molecule has 1 atom stereocenters. The van der Waals surface area contributed by atoms with Gasteiger partial charge in [-0.15, -0.1) is 0 Å². The summed E-state index contributed by atoms with van der Waals surface area (Å²) < 4.78 is 0. The van der Waals surface area contributed by atoms with E-state index in [0.29, 0.717) is 0 Å². The molecule has 0 heterocycles. The van der Waals surface area contributed by atoms with Crippen LogP contribution >= 0.6 is 15.9 Å². The number of carbonyl (C=O) groups is 1. The van der Waals surface area contributed by atoms with Crippen LogP contribution < -0.4 is 0 Å². The standard InChI is InChI=1S/C16H15BrO/c17-16(12-18)11-15-8-6-14(7-9-15)10-13-4-2-1-3-5-13/h1-9,12,16H,10-11H2. The van der Waals surface area contributed by atoms with Crippen LogP contribution in [0.2, 0.25) is 0 Å². The fourth-order valence-electron chi connectivity index (χ4n) is 1.90. The topological polar surface area (TPSA) is 17.1 Å². The van der Waals surface area contributed by atoms with E-state index in [1.165, 1.54) is 16.7 Å². The SMILES string of the molecule is O=CC(Br)Cc1ccc(Cc2ccccc2)cc1. The van der Waals surface area contributed by atoms with Crippen molar-refractivity contribution >= 4 is 22.2 Å². The summed E-state index contributed by atoms with van der Waals surface area (Å²) in [7, 11) is 0. The lowest BCUT2D eigenvalue weighted by Gasteiger charge is -2.05. The fourth-order valence-corrected chi connectivity index (χ4v) is 2.27. The summed E-state index contributed by atoms with van der Waals surface area (Å²) in [6.45, 7) is 0. The van der Waals surface area contributed by atoms with Crippen molar-refractivity contribution in [1.82, 2.24) is 0 Å². The molecule has 18 heavy (non-hydrogen) atoms. The van der Waals surface area contributed by atoms with Crippen molar-refractivity contribution in [3.05, 3.63) is 71.3 Å². The van der Waals surface area contributed by atoms with Gasteiger partial charge in [-0.3, -0.25) is 0 Å². The molecule has 0 amide bonds. The highest BCUT2D eigenvalue weighted by atomic mass is 79.9. The summed E-state index contributed by atoms with van der Waals surface area (Å²) in [5, 5.41) is 0. The van der Waals surface area contributed by atoms with Crippen molar-refractivity contribution in [3.8, 4) is 0 Å².